The standard InChI is InChI=1S/C24H33BrN6S/c1-15-8-13-21(19(25)14-15)29-24(32)27-17-11-9-16(10-12-17)26-23-28-20-7-5-4-6-18(20)22(30-23)31(2)3/h8,13-14,16-17H,4-7,9-12H2,1-3H3,(H,26,28,30)(H2,27,29,32). The van der Waals surface area contributed by atoms with Crippen molar-refractivity contribution in [3.8, 4) is 0 Å². The van der Waals surface area contributed by atoms with Gasteiger partial charge in [-0.15, -0.1) is 0 Å². The van der Waals surface area contributed by atoms with E-state index < -0.39 is 0 Å². The summed E-state index contributed by atoms with van der Waals surface area (Å²) in [5.41, 5.74) is 4.77. The van der Waals surface area contributed by atoms with Crippen LogP contribution in [0.3, 0.4) is 0 Å². The number of thiocarbonyl (C=S) groups is 1. The minimum absolute atomic E-state index is 0.388. The summed E-state index contributed by atoms with van der Waals surface area (Å²) in [7, 11) is 4.15. The average molecular weight is 518 g/mol. The van der Waals surface area contributed by atoms with Crippen molar-refractivity contribution in [2.24, 2.45) is 0 Å². The Bertz CT molecular complexity index is 971. The second-order valence-corrected chi connectivity index (χ2v) is 10.4. The summed E-state index contributed by atoms with van der Waals surface area (Å²) in [6.45, 7) is 2.08. The Balaban J connectivity index is 1.30. The Morgan fingerprint density at radius 1 is 1.06 bits per heavy atom. The molecule has 3 N–H and O–H groups in total. The predicted octanol–water partition coefficient (Wildman–Crippen LogP) is 5.20. The van der Waals surface area contributed by atoms with Crippen molar-refractivity contribution in [3.63, 3.8) is 0 Å². The van der Waals surface area contributed by atoms with Crippen molar-refractivity contribution in [2.45, 2.75) is 70.4 Å². The maximum atomic E-state index is 5.56. The van der Waals surface area contributed by atoms with Gasteiger partial charge in [-0.25, -0.2) is 4.98 Å². The third-order valence-corrected chi connectivity index (χ3v) is 7.23. The van der Waals surface area contributed by atoms with Crippen LogP contribution in [0, 0.1) is 6.92 Å². The summed E-state index contributed by atoms with van der Waals surface area (Å²) < 4.78 is 1.02. The number of fused-ring (bicyclic) bond motifs is 1. The van der Waals surface area contributed by atoms with E-state index >= 15 is 0 Å². The maximum absolute atomic E-state index is 5.56. The van der Waals surface area contributed by atoms with Crippen LogP contribution in [0.5, 0.6) is 0 Å². The lowest BCUT2D eigenvalue weighted by molar-refractivity contribution is 0.387. The molecule has 0 radical (unpaired) electrons. The van der Waals surface area contributed by atoms with Crippen molar-refractivity contribution in [2.75, 3.05) is 29.6 Å². The number of anilines is 3. The van der Waals surface area contributed by atoms with Gasteiger partial charge in [0.15, 0.2) is 5.11 Å². The van der Waals surface area contributed by atoms with Gasteiger partial charge in [0.1, 0.15) is 5.82 Å². The van der Waals surface area contributed by atoms with E-state index in [1.165, 1.54) is 29.7 Å². The zero-order chi connectivity index (χ0) is 22.7. The normalized spacial score (nSPS) is 20.2. The molecule has 0 bridgehead atoms. The lowest BCUT2D eigenvalue weighted by Crippen LogP contribution is -2.42. The first-order chi connectivity index (χ1) is 15.4. The van der Waals surface area contributed by atoms with E-state index in [0.29, 0.717) is 17.2 Å². The zero-order valence-electron chi connectivity index (χ0n) is 19.2. The fourth-order valence-electron chi connectivity index (χ4n) is 4.64. The Kier molecular flexibility index (Phi) is 7.51. The van der Waals surface area contributed by atoms with Crippen LogP contribution in [0.25, 0.3) is 0 Å². The number of aromatic nitrogens is 2. The number of nitrogens with one attached hydrogen (secondary N) is 3. The molecule has 1 heterocycles. The fraction of sp³-hybridized carbons (Fsp3) is 0.542. The highest BCUT2D eigenvalue weighted by atomic mass is 79.9. The van der Waals surface area contributed by atoms with Crippen molar-refractivity contribution >= 4 is 50.7 Å². The molecule has 6 nitrogen and oxygen atoms in total. The van der Waals surface area contributed by atoms with Crippen molar-refractivity contribution in [3.05, 3.63) is 39.5 Å². The molecule has 0 spiro atoms. The van der Waals surface area contributed by atoms with Crippen molar-refractivity contribution in [1.29, 1.82) is 0 Å². The first-order valence-electron chi connectivity index (χ1n) is 11.6. The van der Waals surface area contributed by atoms with Gasteiger partial charge in [0.2, 0.25) is 5.95 Å². The van der Waals surface area contributed by atoms with Gasteiger partial charge in [-0.1, -0.05) is 6.07 Å². The molecule has 0 unspecified atom stereocenters. The highest BCUT2D eigenvalue weighted by molar-refractivity contribution is 9.10. The number of benzene rings is 1. The zero-order valence-corrected chi connectivity index (χ0v) is 21.6. The van der Waals surface area contributed by atoms with Crippen LogP contribution in [0.1, 0.15) is 55.3 Å². The Morgan fingerprint density at radius 2 is 1.78 bits per heavy atom. The molecule has 1 aromatic heterocycles. The second-order valence-electron chi connectivity index (χ2n) is 9.17. The van der Waals surface area contributed by atoms with Gasteiger partial charge in [0, 0.05) is 36.2 Å². The van der Waals surface area contributed by atoms with Crippen LogP contribution in [0.15, 0.2) is 22.7 Å². The van der Waals surface area contributed by atoms with Crippen LogP contribution < -0.4 is 20.9 Å². The molecule has 32 heavy (non-hydrogen) atoms. The molecular weight excluding hydrogens is 484 g/mol. The quantitative estimate of drug-likeness (QED) is 0.471. The van der Waals surface area contributed by atoms with E-state index in [1.807, 2.05) is 0 Å². The van der Waals surface area contributed by atoms with Gasteiger partial charge in [-0.05, 0) is 104 Å². The number of aryl methyl sites for hydroxylation is 2. The largest absolute Gasteiger partial charge is 0.362 e. The Labute approximate surface area is 205 Å². The van der Waals surface area contributed by atoms with E-state index in [2.05, 4.69) is 76.0 Å². The molecule has 1 saturated carbocycles. The number of nitrogens with zero attached hydrogens (tertiary/aromatic N) is 3. The highest BCUT2D eigenvalue weighted by Crippen LogP contribution is 2.29. The lowest BCUT2D eigenvalue weighted by atomic mass is 9.91. The van der Waals surface area contributed by atoms with Crippen LogP contribution in [0.4, 0.5) is 17.5 Å². The third kappa shape index (κ3) is 5.70. The monoisotopic (exact) mass is 516 g/mol. The van der Waals surface area contributed by atoms with E-state index in [9.17, 15) is 0 Å². The molecular formula is C24H33BrN6S. The maximum Gasteiger partial charge on any atom is 0.225 e. The van der Waals surface area contributed by atoms with Gasteiger partial charge in [0.05, 0.1) is 11.4 Å². The average Bonchev–Trinajstić information content (AvgIpc) is 2.76. The molecule has 8 heteroatoms. The van der Waals surface area contributed by atoms with Crippen LogP contribution in [-0.2, 0) is 12.8 Å². The van der Waals surface area contributed by atoms with Gasteiger partial charge >= 0.3 is 0 Å². The third-order valence-electron chi connectivity index (χ3n) is 6.35. The van der Waals surface area contributed by atoms with Crippen molar-refractivity contribution < 1.29 is 0 Å². The number of hydrogen-bond donors (Lipinski definition) is 3. The molecule has 1 aromatic carbocycles. The molecule has 0 amide bonds. The van der Waals surface area contributed by atoms with Gasteiger partial charge < -0.3 is 20.9 Å². The summed E-state index contributed by atoms with van der Waals surface area (Å²) in [6.07, 6.45) is 8.90. The second kappa shape index (κ2) is 10.3. The summed E-state index contributed by atoms with van der Waals surface area (Å²) >= 11 is 9.16. The molecule has 1 fully saturated rings. The summed E-state index contributed by atoms with van der Waals surface area (Å²) in [5.74, 6) is 1.86. The molecule has 2 aromatic rings. The van der Waals surface area contributed by atoms with E-state index in [0.717, 1.165) is 60.5 Å². The van der Waals surface area contributed by atoms with Crippen LogP contribution in [-0.4, -0.2) is 41.3 Å². The summed E-state index contributed by atoms with van der Waals surface area (Å²) in [4.78, 5) is 11.9. The lowest BCUT2D eigenvalue weighted by Gasteiger charge is -2.31. The minimum Gasteiger partial charge on any atom is -0.362 e. The molecule has 2 aliphatic carbocycles. The molecule has 0 aliphatic heterocycles. The molecule has 0 saturated heterocycles. The van der Waals surface area contributed by atoms with Gasteiger partial charge in [0.25, 0.3) is 0 Å². The number of hydrogen-bond acceptors (Lipinski definition) is 5. The van der Waals surface area contributed by atoms with Crippen LogP contribution >= 0.6 is 28.1 Å². The van der Waals surface area contributed by atoms with E-state index in [-0.39, 0.29) is 0 Å². The van der Waals surface area contributed by atoms with Crippen molar-refractivity contribution in [1.82, 2.24) is 15.3 Å². The van der Waals surface area contributed by atoms with Crippen LogP contribution in [0.2, 0.25) is 0 Å². The molecule has 0 atom stereocenters. The minimum atomic E-state index is 0.388. The van der Waals surface area contributed by atoms with Gasteiger partial charge in [-0.2, -0.15) is 4.98 Å². The molecule has 172 valence electrons. The van der Waals surface area contributed by atoms with Gasteiger partial charge in [-0.3, -0.25) is 0 Å². The van der Waals surface area contributed by atoms with E-state index in [1.54, 1.807) is 0 Å². The first-order valence-corrected chi connectivity index (χ1v) is 12.8. The predicted molar refractivity (Wildman–Crippen MR) is 141 cm³/mol. The summed E-state index contributed by atoms with van der Waals surface area (Å²) in [5, 5.41) is 11.1. The molecule has 2 aliphatic rings. The summed E-state index contributed by atoms with van der Waals surface area (Å²) in [6, 6.07) is 7.01. The smallest absolute Gasteiger partial charge is 0.225 e. The highest BCUT2D eigenvalue weighted by Gasteiger charge is 2.24. The topological polar surface area (TPSA) is 65.1 Å². The van der Waals surface area contributed by atoms with E-state index in [4.69, 9.17) is 22.2 Å². The molecule has 4 rings (SSSR count). The number of rotatable bonds is 5. The Hall–Kier alpha value is -1.93. The number of halogens is 1. The fourth-order valence-corrected chi connectivity index (χ4v) is 5.51. The Morgan fingerprint density at radius 3 is 2.50 bits per heavy atom. The first kappa shape index (κ1) is 23.2. The SMILES string of the molecule is Cc1ccc(NC(=S)NC2CCC(Nc3nc4c(c(N(C)C)n3)CCCC4)CC2)c(Br)c1.